The zero-order chi connectivity index (χ0) is 6.41. The van der Waals surface area contributed by atoms with E-state index in [0.29, 0.717) is 0 Å². The summed E-state index contributed by atoms with van der Waals surface area (Å²) in [7, 11) is 0. The van der Waals surface area contributed by atoms with E-state index >= 15 is 0 Å². The Kier molecular flexibility index (Phi) is 5.14. The van der Waals surface area contributed by atoms with Gasteiger partial charge in [0.1, 0.15) is 0 Å². The average Bonchev–Trinajstić information content (AvgIpc) is 1.83. The van der Waals surface area contributed by atoms with Crippen LogP contribution in [-0.4, -0.2) is 0 Å². The molecule has 0 aliphatic carbocycles. The van der Waals surface area contributed by atoms with Crippen molar-refractivity contribution in [2.45, 2.75) is 32.6 Å². The van der Waals surface area contributed by atoms with E-state index in [1.165, 1.54) is 0 Å². The lowest BCUT2D eigenvalue weighted by Crippen LogP contribution is -1.90. The van der Waals surface area contributed by atoms with Gasteiger partial charge in [0.15, 0.2) is 0 Å². The maximum absolute atomic E-state index is 7.30. The van der Waals surface area contributed by atoms with Crippen molar-refractivity contribution in [3.8, 4) is 0 Å². The molecular formula is C8H14. The minimum atomic E-state index is 0.164. The Balaban J connectivity index is 2.86. The van der Waals surface area contributed by atoms with Crippen molar-refractivity contribution in [3.63, 3.8) is 0 Å². The summed E-state index contributed by atoms with van der Waals surface area (Å²) in [6.45, 7) is 13.1. The third-order valence-electron chi connectivity index (χ3n) is 1.30. The fourth-order valence-corrected chi connectivity index (χ4v) is 0.595. The lowest BCUT2D eigenvalue weighted by molar-refractivity contribution is 0.545. The molecule has 0 bridgehead atoms. The Labute approximate surface area is 53.3 Å². The second-order valence-electron chi connectivity index (χ2n) is 2.10. The van der Waals surface area contributed by atoms with Crippen molar-refractivity contribution in [1.29, 1.82) is 0 Å². The van der Waals surface area contributed by atoms with Gasteiger partial charge >= 0.3 is 0 Å². The second kappa shape index (κ2) is 5.14. The van der Waals surface area contributed by atoms with Gasteiger partial charge in [-0.1, -0.05) is 33.1 Å². The maximum Gasteiger partial charge on any atom is -0.00569 e. The first-order valence-electron chi connectivity index (χ1n) is 3.31. The lowest BCUT2D eigenvalue weighted by Gasteiger charge is -2.03. The van der Waals surface area contributed by atoms with Crippen LogP contribution in [0.5, 0.6) is 0 Å². The van der Waals surface area contributed by atoms with Crippen molar-refractivity contribution in [1.82, 2.24) is 0 Å². The van der Waals surface area contributed by atoms with Crippen molar-refractivity contribution >= 4 is 0 Å². The normalized spacial score (nSPS) is 13.9. The van der Waals surface area contributed by atoms with Gasteiger partial charge in [0.2, 0.25) is 0 Å². The van der Waals surface area contributed by atoms with Crippen molar-refractivity contribution < 1.29 is 0 Å². The highest BCUT2D eigenvalue weighted by atomic mass is 14.0. The molecule has 0 aliphatic rings. The van der Waals surface area contributed by atoms with Gasteiger partial charge in [-0.2, -0.15) is 0 Å². The van der Waals surface area contributed by atoms with E-state index in [1.807, 2.05) is 0 Å². The summed E-state index contributed by atoms with van der Waals surface area (Å²) in [6, 6.07) is 0. The summed E-state index contributed by atoms with van der Waals surface area (Å²) in [5.74, 6) is 0.164. The molecular weight excluding hydrogens is 96.1 g/mol. The molecule has 0 aromatic carbocycles. The number of unbranched alkanes of at least 4 members (excludes halogenated alkanes) is 1. The van der Waals surface area contributed by atoms with Crippen LogP contribution in [0.3, 0.4) is 0 Å². The average molecular weight is 110 g/mol. The lowest BCUT2D eigenvalue weighted by atomic mass is 10.0. The molecule has 8 heavy (non-hydrogen) atoms. The fraction of sp³-hybridized carbons (Fsp3) is 0.750. The summed E-state index contributed by atoms with van der Waals surface area (Å²) in [6.07, 6.45) is 4.11. The summed E-state index contributed by atoms with van der Waals surface area (Å²) in [5, 5.41) is 0. The topological polar surface area (TPSA) is 0 Å². The largest absolute Gasteiger partial charge is 0.0651 e. The van der Waals surface area contributed by atoms with Gasteiger partial charge in [0.25, 0.3) is 0 Å². The molecule has 0 aromatic heterocycles. The Hall–Kier alpha value is 0. The van der Waals surface area contributed by atoms with Gasteiger partial charge in [0.05, 0.1) is 0 Å². The monoisotopic (exact) mass is 110 g/mol. The highest BCUT2D eigenvalue weighted by Crippen LogP contribution is 2.09. The van der Waals surface area contributed by atoms with Crippen LogP contribution in [0.1, 0.15) is 32.6 Å². The smallest absolute Gasteiger partial charge is 0.00569 e. The zero-order valence-electron chi connectivity index (χ0n) is 5.61. The van der Waals surface area contributed by atoms with E-state index in [0.717, 1.165) is 25.7 Å². The second-order valence-corrected chi connectivity index (χ2v) is 2.10. The SMILES string of the molecule is [C]C(CC)CCC[CH2]. The highest BCUT2D eigenvalue weighted by molar-refractivity contribution is 4.58. The Bertz CT molecular complexity index is 39.3. The Morgan fingerprint density at radius 2 is 2.25 bits per heavy atom. The minimum Gasteiger partial charge on any atom is -0.0651 e. The van der Waals surface area contributed by atoms with Crippen LogP contribution in [0, 0.1) is 19.8 Å². The van der Waals surface area contributed by atoms with Crippen LogP contribution in [0.15, 0.2) is 0 Å². The highest BCUT2D eigenvalue weighted by Gasteiger charge is 1.95. The molecule has 1 unspecified atom stereocenters. The van der Waals surface area contributed by atoms with Crippen LogP contribution in [0.4, 0.5) is 0 Å². The molecule has 0 saturated carbocycles. The number of hydrogen-bond acceptors (Lipinski definition) is 0. The van der Waals surface area contributed by atoms with Crippen molar-refractivity contribution in [2.75, 3.05) is 0 Å². The molecule has 0 amide bonds. The third kappa shape index (κ3) is 4.17. The Morgan fingerprint density at radius 1 is 1.62 bits per heavy atom. The van der Waals surface area contributed by atoms with E-state index in [4.69, 9.17) is 6.92 Å². The molecule has 0 N–H and O–H groups in total. The van der Waals surface area contributed by atoms with Gasteiger partial charge in [-0.25, -0.2) is 0 Å². The van der Waals surface area contributed by atoms with E-state index in [2.05, 4.69) is 13.8 Å². The van der Waals surface area contributed by atoms with Crippen LogP contribution in [-0.2, 0) is 0 Å². The van der Waals surface area contributed by atoms with Gasteiger partial charge < -0.3 is 0 Å². The van der Waals surface area contributed by atoms with E-state index < -0.39 is 0 Å². The van der Waals surface area contributed by atoms with Crippen LogP contribution in [0.25, 0.3) is 0 Å². The molecule has 0 heteroatoms. The van der Waals surface area contributed by atoms with Crippen molar-refractivity contribution in [3.05, 3.63) is 13.8 Å². The summed E-state index contributed by atoms with van der Waals surface area (Å²) in [4.78, 5) is 0. The molecule has 0 rings (SSSR count). The molecule has 46 valence electrons. The van der Waals surface area contributed by atoms with E-state index in [-0.39, 0.29) is 5.92 Å². The van der Waals surface area contributed by atoms with Crippen LogP contribution >= 0.6 is 0 Å². The van der Waals surface area contributed by atoms with Gasteiger partial charge in [-0.15, -0.1) is 0 Å². The van der Waals surface area contributed by atoms with Gasteiger partial charge in [-0.3, -0.25) is 0 Å². The molecule has 0 aromatic rings. The molecule has 1 atom stereocenters. The first-order valence-corrected chi connectivity index (χ1v) is 3.31. The third-order valence-corrected chi connectivity index (χ3v) is 1.30. The molecule has 0 nitrogen and oxygen atoms in total. The maximum atomic E-state index is 7.30. The standard InChI is InChI=1S/C8H14/c1-4-6-7-8(3)5-2/h8H,1,4-7H2,2H3. The zero-order valence-corrected chi connectivity index (χ0v) is 5.61. The molecule has 0 saturated heterocycles. The predicted molar refractivity (Wildman–Crippen MR) is 36.2 cm³/mol. The van der Waals surface area contributed by atoms with Crippen molar-refractivity contribution in [2.24, 2.45) is 5.92 Å². The summed E-state index contributed by atoms with van der Waals surface area (Å²) < 4.78 is 0. The quantitative estimate of drug-likeness (QED) is 0.522. The molecule has 0 heterocycles. The first-order chi connectivity index (χ1) is 3.81. The predicted octanol–water partition coefficient (Wildman–Crippen LogP) is 2.61. The summed E-state index contributed by atoms with van der Waals surface area (Å²) >= 11 is 0. The summed E-state index contributed by atoms with van der Waals surface area (Å²) in [5.41, 5.74) is 0. The molecule has 0 aliphatic heterocycles. The van der Waals surface area contributed by atoms with Crippen LogP contribution < -0.4 is 0 Å². The van der Waals surface area contributed by atoms with E-state index in [1.54, 1.807) is 0 Å². The van der Waals surface area contributed by atoms with Gasteiger partial charge in [-0.05, 0) is 19.3 Å². The molecule has 0 fully saturated rings. The van der Waals surface area contributed by atoms with Gasteiger partial charge in [0, 0.05) is 0 Å². The van der Waals surface area contributed by atoms with Crippen LogP contribution in [0.2, 0.25) is 0 Å². The first kappa shape index (κ1) is 8.00. The fourth-order valence-electron chi connectivity index (χ4n) is 0.595. The number of rotatable bonds is 4. The molecule has 4 radical (unpaired) electrons. The number of hydrogen-bond donors (Lipinski definition) is 0. The molecule has 0 spiro atoms. The Morgan fingerprint density at radius 3 is 2.62 bits per heavy atom. The minimum absolute atomic E-state index is 0.164. The van der Waals surface area contributed by atoms with E-state index in [9.17, 15) is 0 Å².